The molecule has 0 saturated heterocycles. The highest BCUT2D eigenvalue weighted by Crippen LogP contribution is 2.28. The molecule has 1 aliphatic carbocycles. The molecule has 0 aliphatic heterocycles. The molecule has 16 heavy (non-hydrogen) atoms. The Morgan fingerprint density at radius 1 is 1.50 bits per heavy atom. The van der Waals surface area contributed by atoms with Crippen LogP contribution in [0.15, 0.2) is 18.2 Å². The second-order valence-corrected chi connectivity index (χ2v) is 4.24. The third-order valence-electron chi connectivity index (χ3n) is 3.11. The van der Waals surface area contributed by atoms with E-state index in [0.29, 0.717) is 19.3 Å². The van der Waals surface area contributed by atoms with Gasteiger partial charge in [0.1, 0.15) is 11.4 Å². The summed E-state index contributed by atoms with van der Waals surface area (Å²) < 4.78 is 17.7. The molecule has 0 spiro atoms. The topological polar surface area (TPSA) is 52.3 Å². The van der Waals surface area contributed by atoms with E-state index in [1.54, 1.807) is 6.07 Å². The van der Waals surface area contributed by atoms with Gasteiger partial charge in [0.2, 0.25) is 0 Å². The average Bonchev–Trinajstić information content (AvgIpc) is 2.28. The number of hydrogen-bond donors (Lipinski definition) is 1. The number of methoxy groups -OCH3 is 1. The van der Waals surface area contributed by atoms with Crippen LogP contribution in [0.2, 0.25) is 0 Å². The van der Waals surface area contributed by atoms with Gasteiger partial charge in [0, 0.05) is 6.42 Å². The molecule has 0 heterocycles. The van der Waals surface area contributed by atoms with E-state index in [-0.39, 0.29) is 5.82 Å². The van der Waals surface area contributed by atoms with Gasteiger partial charge in [0.05, 0.1) is 7.11 Å². The molecule has 0 unspecified atom stereocenters. The van der Waals surface area contributed by atoms with E-state index in [0.717, 1.165) is 11.1 Å². The SMILES string of the molecule is COC(=O)[C@@]1(N)CCc2cc(F)ccc2C1. The zero-order valence-electron chi connectivity index (χ0n) is 9.13. The second kappa shape index (κ2) is 3.87. The number of ether oxygens (including phenoxy) is 1. The summed E-state index contributed by atoms with van der Waals surface area (Å²) >= 11 is 0. The number of carbonyl (C=O) groups excluding carboxylic acids is 1. The van der Waals surface area contributed by atoms with Crippen molar-refractivity contribution in [2.75, 3.05) is 7.11 Å². The lowest BCUT2D eigenvalue weighted by molar-refractivity contribution is -0.147. The van der Waals surface area contributed by atoms with Gasteiger partial charge in [0.15, 0.2) is 0 Å². The second-order valence-electron chi connectivity index (χ2n) is 4.24. The molecule has 0 amide bonds. The maximum atomic E-state index is 13.0. The number of rotatable bonds is 1. The Kier molecular flexibility index (Phi) is 2.68. The fourth-order valence-corrected chi connectivity index (χ4v) is 2.16. The van der Waals surface area contributed by atoms with Crippen LogP contribution in [0.4, 0.5) is 4.39 Å². The molecule has 1 atom stereocenters. The monoisotopic (exact) mass is 223 g/mol. The lowest BCUT2D eigenvalue weighted by Crippen LogP contribution is -2.52. The van der Waals surface area contributed by atoms with Crippen molar-refractivity contribution in [1.82, 2.24) is 0 Å². The summed E-state index contributed by atoms with van der Waals surface area (Å²) in [7, 11) is 1.33. The quantitative estimate of drug-likeness (QED) is 0.727. The first-order chi connectivity index (χ1) is 7.55. The molecule has 4 heteroatoms. The third-order valence-corrected chi connectivity index (χ3v) is 3.11. The van der Waals surface area contributed by atoms with Gasteiger partial charge < -0.3 is 10.5 Å². The van der Waals surface area contributed by atoms with Crippen molar-refractivity contribution in [3.8, 4) is 0 Å². The fraction of sp³-hybridized carbons (Fsp3) is 0.417. The summed E-state index contributed by atoms with van der Waals surface area (Å²) in [6.45, 7) is 0. The van der Waals surface area contributed by atoms with E-state index in [4.69, 9.17) is 10.5 Å². The summed E-state index contributed by atoms with van der Waals surface area (Å²) in [6, 6.07) is 4.59. The normalized spacial score (nSPS) is 23.7. The highest BCUT2D eigenvalue weighted by molar-refractivity contribution is 5.81. The number of aryl methyl sites for hydroxylation is 1. The molecule has 1 aromatic rings. The molecule has 0 saturated carbocycles. The summed E-state index contributed by atoms with van der Waals surface area (Å²) in [5.74, 6) is -0.649. The van der Waals surface area contributed by atoms with Crippen molar-refractivity contribution in [3.05, 3.63) is 35.1 Å². The highest BCUT2D eigenvalue weighted by Gasteiger charge is 2.38. The van der Waals surface area contributed by atoms with Crippen LogP contribution in [0.1, 0.15) is 17.5 Å². The number of nitrogens with two attached hydrogens (primary N) is 1. The Morgan fingerprint density at radius 2 is 2.25 bits per heavy atom. The first kappa shape index (κ1) is 11.1. The number of benzene rings is 1. The van der Waals surface area contributed by atoms with Gasteiger partial charge in [-0.25, -0.2) is 4.39 Å². The van der Waals surface area contributed by atoms with Crippen LogP contribution in [0.5, 0.6) is 0 Å². The zero-order chi connectivity index (χ0) is 11.8. The van der Waals surface area contributed by atoms with Crippen LogP contribution in [0, 0.1) is 5.82 Å². The molecule has 1 aliphatic rings. The van der Waals surface area contributed by atoms with Crippen molar-refractivity contribution in [3.63, 3.8) is 0 Å². The Morgan fingerprint density at radius 3 is 2.94 bits per heavy atom. The molecule has 0 fully saturated rings. The largest absolute Gasteiger partial charge is 0.468 e. The Balaban J connectivity index is 2.30. The molecule has 86 valence electrons. The van der Waals surface area contributed by atoms with Crippen LogP contribution < -0.4 is 5.73 Å². The molecule has 1 aromatic carbocycles. The van der Waals surface area contributed by atoms with Gasteiger partial charge >= 0.3 is 5.97 Å². The molecule has 0 radical (unpaired) electrons. The summed E-state index contributed by atoms with van der Waals surface area (Å²) in [4.78, 5) is 11.5. The molecule has 0 bridgehead atoms. The van der Waals surface area contributed by atoms with E-state index >= 15 is 0 Å². The van der Waals surface area contributed by atoms with E-state index in [1.807, 2.05) is 0 Å². The summed E-state index contributed by atoms with van der Waals surface area (Å²) in [5, 5.41) is 0. The number of hydrogen-bond acceptors (Lipinski definition) is 3. The van der Waals surface area contributed by atoms with Gasteiger partial charge in [-0.05, 0) is 36.1 Å². The molecule has 0 aromatic heterocycles. The molecule has 2 rings (SSSR count). The Labute approximate surface area is 93.4 Å². The fourth-order valence-electron chi connectivity index (χ4n) is 2.16. The Bertz CT molecular complexity index is 433. The molecular weight excluding hydrogens is 209 g/mol. The minimum Gasteiger partial charge on any atom is -0.468 e. The minimum absolute atomic E-state index is 0.249. The third kappa shape index (κ3) is 1.80. The maximum absolute atomic E-state index is 13.0. The van der Waals surface area contributed by atoms with Gasteiger partial charge in [0.25, 0.3) is 0 Å². The molecular formula is C12H14FNO2. The van der Waals surface area contributed by atoms with Crippen molar-refractivity contribution < 1.29 is 13.9 Å². The van der Waals surface area contributed by atoms with Crippen molar-refractivity contribution >= 4 is 5.97 Å². The van der Waals surface area contributed by atoms with Gasteiger partial charge in [-0.15, -0.1) is 0 Å². The zero-order valence-corrected chi connectivity index (χ0v) is 9.13. The number of halogens is 1. The maximum Gasteiger partial charge on any atom is 0.326 e. The van der Waals surface area contributed by atoms with Crippen LogP contribution >= 0.6 is 0 Å². The Hall–Kier alpha value is -1.42. The van der Waals surface area contributed by atoms with Gasteiger partial charge in [-0.2, -0.15) is 0 Å². The van der Waals surface area contributed by atoms with Crippen LogP contribution in [-0.2, 0) is 22.4 Å². The van der Waals surface area contributed by atoms with Crippen LogP contribution in [0.3, 0.4) is 0 Å². The van der Waals surface area contributed by atoms with Gasteiger partial charge in [-0.3, -0.25) is 4.79 Å². The van der Waals surface area contributed by atoms with Crippen LogP contribution in [0.25, 0.3) is 0 Å². The standard InChI is InChI=1S/C12H14FNO2/c1-16-11(15)12(14)5-4-8-6-10(13)3-2-9(8)7-12/h2-3,6H,4-5,7,14H2,1H3/t12-/m1/s1. The molecule has 3 nitrogen and oxygen atoms in total. The van der Waals surface area contributed by atoms with E-state index < -0.39 is 11.5 Å². The molecule has 2 N–H and O–H groups in total. The average molecular weight is 223 g/mol. The lowest BCUT2D eigenvalue weighted by atomic mass is 9.78. The van der Waals surface area contributed by atoms with Crippen molar-refractivity contribution in [2.45, 2.75) is 24.8 Å². The van der Waals surface area contributed by atoms with E-state index in [1.165, 1.54) is 19.2 Å². The van der Waals surface area contributed by atoms with Crippen molar-refractivity contribution in [2.24, 2.45) is 5.73 Å². The van der Waals surface area contributed by atoms with Crippen molar-refractivity contribution in [1.29, 1.82) is 0 Å². The first-order valence-electron chi connectivity index (χ1n) is 5.20. The minimum atomic E-state index is -0.959. The lowest BCUT2D eigenvalue weighted by Gasteiger charge is -2.31. The first-order valence-corrected chi connectivity index (χ1v) is 5.20. The smallest absolute Gasteiger partial charge is 0.326 e. The number of fused-ring (bicyclic) bond motifs is 1. The summed E-state index contributed by atoms with van der Waals surface area (Å²) in [5.41, 5.74) is 6.91. The van der Waals surface area contributed by atoms with E-state index in [9.17, 15) is 9.18 Å². The highest BCUT2D eigenvalue weighted by atomic mass is 19.1. The number of esters is 1. The van der Waals surface area contributed by atoms with Crippen LogP contribution in [-0.4, -0.2) is 18.6 Å². The van der Waals surface area contributed by atoms with Gasteiger partial charge in [-0.1, -0.05) is 6.07 Å². The predicted octanol–water partition coefficient (Wildman–Crippen LogP) is 1.18. The summed E-state index contributed by atoms with van der Waals surface area (Å²) in [6.07, 6.45) is 1.52. The number of carbonyl (C=O) groups is 1. The predicted molar refractivity (Wildman–Crippen MR) is 57.4 cm³/mol. The van der Waals surface area contributed by atoms with E-state index in [2.05, 4.69) is 0 Å².